The minimum absolute atomic E-state index is 0.0557. The number of amides is 1. The molecule has 1 amide bonds. The highest BCUT2D eigenvalue weighted by molar-refractivity contribution is 5.81. The van der Waals surface area contributed by atoms with Crippen LogP contribution < -0.4 is 5.32 Å². The number of allylic oxidation sites excluding steroid dienone is 12. The van der Waals surface area contributed by atoms with Crippen LogP contribution in [0.15, 0.2) is 85.1 Å². The zero-order valence-corrected chi connectivity index (χ0v) is 49.1. The average Bonchev–Trinajstić information content (AvgIpc) is 3.43. The van der Waals surface area contributed by atoms with Crippen molar-refractivity contribution in [1.29, 1.82) is 0 Å². The molecule has 0 aromatic heterocycles. The number of esters is 1. The van der Waals surface area contributed by atoms with Crippen molar-refractivity contribution >= 4 is 11.9 Å². The summed E-state index contributed by atoms with van der Waals surface area (Å²) in [6.45, 7) is 5.63. The van der Waals surface area contributed by atoms with Gasteiger partial charge in [-0.1, -0.05) is 273 Å². The first-order valence-corrected chi connectivity index (χ1v) is 31.4. The van der Waals surface area contributed by atoms with E-state index >= 15 is 0 Å². The Kier molecular flexibility index (Phi) is 49.9. The van der Waals surface area contributed by atoms with Crippen molar-refractivity contribution in [2.24, 2.45) is 0 Å². The number of aliphatic hydroxyl groups is 5. The number of carbonyl (C=O) groups excluding carboxylic acids is 2. The summed E-state index contributed by atoms with van der Waals surface area (Å²) in [6, 6.07) is -1.07. The Bertz CT molecular complexity index is 1570. The van der Waals surface area contributed by atoms with E-state index in [1.54, 1.807) is 12.2 Å². The molecule has 0 bridgehead atoms. The number of carbonyl (C=O) groups is 2. The number of hydrogen-bond donors (Lipinski definition) is 6. The van der Waals surface area contributed by atoms with E-state index in [0.717, 1.165) is 77.0 Å². The van der Waals surface area contributed by atoms with E-state index in [9.17, 15) is 35.1 Å². The summed E-state index contributed by atoms with van der Waals surface area (Å²) in [5, 5.41) is 56.8. The first-order valence-electron chi connectivity index (χ1n) is 31.4. The molecular formula is C66H115NO10. The van der Waals surface area contributed by atoms with E-state index in [2.05, 4.69) is 80.8 Å². The van der Waals surface area contributed by atoms with Crippen molar-refractivity contribution in [3.63, 3.8) is 0 Å². The monoisotopic (exact) mass is 1080 g/mol. The summed E-state index contributed by atoms with van der Waals surface area (Å²) in [5.41, 5.74) is 0. The maximum Gasteiger partial charge on any atom is 0.306 e. The van der Waals surface area contributed by atoms with E-state index < -0.39 is 67.4 Å². The third-order valence-corrected chi connectivity index (χ3v) is 14.3. The van der Waals surface area contributed by atoms with Gasteiger partial charge in [0.15, 0.2) is 12.4 Å². The summed E-state index contributed by atoms with van der Waals surface area (Å²) in [7, 11) is 0. The number of nitrogens with one attached hydrogen (secondary N) is 1. The maximum atomic E-state index is 13.4. The van der Waals surface area contributed by atoms with Gasteiger partial charge in [-0.3, -0.25) is 9.59 Å². The van der Waals surface area contributed by atoms with Gasteiger partial charge < -0.3 is 45.1 Å². The Morgan fingerprint density at radius 2 is 0.922 bits per heavy atom. The Morgan fingerprint density at radius 3 is 1.35 bits per heavy atom. The zero-order chi connectivity index (χ0) is 56.1. The fourth-order valence-corrected chi connectivity index (χ4v) is 9.37. The highest BCUT2D eigenvalue weighted by atomic mass is 16.7. The van der Waals surface area contributed by atoms with Crippen LogP contribution in [0.2, 0.25) is 0 Å². The lowest BCUT2D eigenvalue weighted by molar-refractivity contribution is -0.305. The van der Waals surface area contributed by atoms with Crippen LogP contribution in [0, 0.1) is 0 Å². The van der Waals surface area contributed by atoms with E-state index in [0.29, 0.717) is 12.8 Å². The van der Waals surface area contributed by atoms with Gasteiger partial charge in [-0.2, -0.15) is 0 Å². The molecule has 0 aliphatic carbocycles. The molecule has 1 saturated heterocycles. The Hall–Kier alpha value is -3.16. The van der Waals surface area contributed by atoms with Crippen molar-refractivity contribution in [3.05, 3.63) is 85.1 Å². The van der Waals surface area contributed by atoms with Gasteiger partial charge in [0.2, 0.25) is 5.91 Å². The van der Waals surface area contributed by atoms with Crippen LogP contribution in [0.25, 0.3) is 0 Å². The van der Waals surface area contributed by atoms with Gasteiger partial charge in [0, 0.05) is 12.8 Å². The second kappa shape index (κ2) is 53.5. The first-order chi connectivity index (χ1) is 37.7. The molecule has 0 saturated carbocycles. The number of rotatable bonds is 52. The standard InChI is InChI=1S/C66H115NO10/c1-4-7-10-13-16-19-22-24-26-28-30-32-34-36-39-42-45-48-51-54-61(71)77-64-63(73)62(72)60(55-68)76-66(64)75-56-57(58(69)52-49-46-43-40-37-21-18-15-12-9-6-3)67-65(74)59(70)53-50-47-44-41-38-35-33-31-29-27-25-23-20-17-14-11-8-5-2/h8,11,17,20,25,27,31,33,38,41,47,49-50,52,57-60,62-64,66,68-70,72-73H,4-7,9-10,12-16,18-19,21-24,26,28-30,32,34-37,39-40,42-46,48,51,53-56H2,1-3H3,(H,67,74)/b11-8-,20-17-,27-25-,33-31-,41-38-,50-47-,52-49+. The lowest BCUT2D eigenvalue weighted by atomic mass is 9.99. The molecule has 11 nitrogen and oxygen atoms in total. The molecule has 0 aromatic rings. The van der Waals surface area contributed by atoms with Crippen LogP contribution in [-0.2, 0) is 23.8 Å². The third kappa shape index (κ3) is 41.5. The Balaban J connectivity index is 2.70. The smallest absolute Gasteiger partial charge is 0.306 e. The molecule has 11 heteroatoms. The van der Waals surface area contributed by atoms with Crippen molar-refractivity contribution in [2.45, 2.75) is 307 Å². The highest BCUT2D eigenvalue weighted by Gasteiger charge is 2.47. The van der Waals surface area contributed by atoms with Gasteiger partial charge in [0.1, 0.15) is 24.4 Å². The molecule has 0 aromatic carbocycles. The van der Waals surface area contributed by atoms with Crippen LogP contribution in [0.1, 0.15) is 258 Å². The molecular weight excluding hydrogens is 967 g/mol. The highest BCUT2D eigenvalue weighted by Crippen LogP contribution is 2.26. The SMILES string of the molecule is CC/C=C\C/C=C\C/C=C\C/C=C\C/C=C\C/C=C\CC(O)C(=O)NC(COC1OC(CO)C(O)C(O)C1OC(=O)CCCCCCCCCCCCCCCCCCCCC)C(O)/C=C/CCCCCCCCCCC. The number of hydrogen-bond acceptors (Lipinski definition) is 10. The Morgan fingerprint density at radius 1 is 0.519 bits per heavy atom. The lowest BCUT2D eigenvalue weighted by Gasteiger charge is -2.41. The topological polar surface area (TPSA) is 175 Å². The molecule has 444 valence electrons. The first kappa shape index (κ1) is 71.9. The van der Waals surface area contributed by atoms with Gasteiger partial charge in [0.25, 0.3) is 0 Å². The molecule has 77 heavy (non-hydrogen) atoms. The summed E-state index contributed by atoms with van der Waals surface area (Å²) in [5.74, 6) is -1.28. The number of ether oxygens (including phenoxy) is 3. The maximum absolute atomic E-state index is 13.4. The second-order valence-electron chi connectivity index (χ2n) is 21.4. The van der Waals surface area contributed by atoms with Crippen LogP contribution >= 0.6 is 0 Å². The van der Waals surface area contributed by atoms with Crippen LogP contribution in [-0.4, -0.2) is 99.6 Å². The zero-order valence-electron chi connectivity index (χ0n) is 49.1. The van der Waals surface area contributed by atoms with E-state index in [-0.39, 0.29) is 19.4 Å². The van der Waals surface area contributed by atoms with Gasteiger partial charge in [-0.15, -0.1) is 0 Å². The predicted molar refractivity (Wildman–Crippen MR) is 319 cm³/mol. The number of aliphatic hydroxyl groups excluding tert-OH is 5. The largest absolute Gasteiger partial charge is 0.454 e. The summed E-state index contributed by atoms with van der Waals surface area (Å²) in [6.07, 6.45) is 59.3. The van der Waals surface area contributed by atoms with Crippen LogP contribution in [0.5, 0.6) is 0 Å². The average molecular weight is 1080 g/mol. The van der Waals surface area contributed by atoms with Gasteiger partial charge in [-0.05, 0) is 57.8 Å². The minimum Gasteiger partial charge on any atom is -0.454 e. The van der Waals surface area contributed by atoms with Crippen LogP contribution in [0.3, 0.4) is 0 Å². The molecule has 1 aliphatic rings. The molecule has 8 atom stereocenters. The normalized spacial score (nSPS) is 19.6. The molecule has 0 spiro atoms. The predicted octanol–water partition coefficient (Wildman–Crippen LogP) is 14.9. The fraction of sp³-hybridized carbons (Fsp3) is 0.758. The number of unbranched alkanes of at least 4 members (excludes halogenated alkanes) is 27. The third-order valence-electron chi connectivity index (χ3n) is 14.3. The van der Waals surface area contributed by atoms with E-state index in [1.807, 2.05) is 18.2 Å². The quantitative estimate of drug-likeness (QED) is 0.0195. The van der Waals surface area contributed by atoms with Crippen molar-refractivity contribution in [3.8, 4) is 0 Å². The van der Waals surface area contributed by atoms with Gasteiger partial charge in [0.05, 0.1) is 25.4 Å². The van der Waals surface area contributed by atoms with Gasteiger partial charge >= 0.3 is 5.97 Å². The fourth-order valence-electron chi connectivity index (χ4n) is 9.37. The molecule has 1 fully saturated rings. The van der Waals surface area contributed by atoms with Crippen molar-refractivity contribution in [1.82, 2.24) is 5.32 Å². The summed E-state index contributed by atoms with van der Waals surface area (Å²) >= 11 is 0. The molecule has 0 radical (unpaired) electrons. The molecule has 8 unspecified atom stereocenters. The Labute approximate surface area is 470 Å². The van der Waals surface area contributed by atoms with Crippen molar-refractivity contribution in [2.75, 3.05) is 13.2 Å². The lowest BCUT2D eigenvalue weighted by Crippen LogP contribution is -2.61. The van der Waals surface area contributed by atoms with E-state index in [1.165, 1.54) is 135 Å². The minimum atomic E-state index is -1.63. The molecule has 1 heterocycles. The molecule has 6 N–H and O–H groups in total. The van der Waals surface area contributed by atoms with Crippen LogP contribution in [0.4, 0.5) is 0 Å². The van der Waals surface area contributed by atoms with E-state index in [4.69, 9.17) is 14.2 Å². The second-order valence-corrected chi connectivity index (χ2v) is 21.4. The van der Waals surface area contributed by atoms with Crippen molar-refractivity contribution < 1.29 is 49.3 Å². The summed E-state index contributed by atoms with van der Waals surface area (Å²) < 4.78 is 17.6. The molecule has 1 aliphatic heterocycles. The molecule has 1 rings (SSSR count). The van der Waals surface area contributed by atoms with Gasteiger partial charge in [-0.25, -0.2) is 0 Å². The summed E-state index contributed by atoms with van der Waals surface area (Å²) in [4.78, 5) is 26.5.